The maximum absolute atomic E-state index is 11.8. The van der Waals surface area contributed by atoms with Gasteiger partial charge >= 0.3 is 0 Å². The Morgan fingerprint density at radius 2 is 1.59 bits per heavy atom. The predicted molar refractivity (Wildman–Crippen MR) is 63.1 cm³/mol. The zero-order chi connectivity index (χ0) is 12.8. The van der Waals surface area contributed by atoms with Gasteiger partial charge in [-0.1, -0.05) is 30.8 Å². The summed E-state index contributed by atoms with van der Waals surface area (Å²) < 4.78 is 9.72. The number of ether oxygens (including phenoxy) is 2. The van der Waals surface area contributed by atoms with Crippen LogP contribution in [0.5, 0.6) is 0 Å². The third-order valence-corrected chi connectivity index (χ3v) is 2.28. The highest BCUT2D eigenvalue weighted by Gasteiger charge is 2.18. The fourth-order valence-electron chi connectivity index (χ4n) is 1.36. The number of rotatable bonds is 6. The van der Waals surface area contributed by atoms with Crippen LogP contribution in [0.3, 0.4) is 0 Å². The zero-order valence-electron chi connectivity index (χ0n) is 9.80. The van der Waals surface area contributed by atoms with Crippen LogP contribution in [0.2, 0.25) is 0 Å². The molecule has 1 rings (SSSR count). The first-order chi connectivity index (χ1) is 8.13. The standard InChI is InChI=1S/C13H14O4/c1-4-11(14)9-5-7-10(8-6-9)12(15)13(16-2)17-3/h4-8,13H,1H2,2-3H3. The first-order valence-electron chi connectivity index (χ1n) is 5.00. The summed E-state index contributed by atoms with van der Waals surface area (Å²) in [5.41, 5.74) is 0.919. The van der Waals surface area contributed by atoms with Crippen molar-refractivity contribution >= 4 is 11.6 Å². The molecule has 0 heterocycles. The predicted octanol–water partition coefficient (Wildman–Crippen LogP) is 1.86. The van der Waals surface area contributed by atoms with Crippen molar-refractivity contribution < 1.29 is 19.1 Å². The molecule has 0 aliphatic heterocycles. The molecule has 0 spiro atoms. The Hall–Kier alpha value is -1.78. The smallest absolute Gasteiger partial charge is 0.222 e. The largest absolute Gasteiger partial charge is 0.349 e. The molecule has 0 aliphatic rings. The number of allylic oxidation sites excluding steroid dienone is 1. The van der Waals surface area contributed by atoms with Crippen LogP contribution >= 0.6 is 0 Å². The average Bonchev–Trinajstić information content (AvgIpc) is 2.39. The Kier molecular flexibility index (Phi) is 4.75. The van der Waals surface area contributed by atoms with Crippen LogP contribution in [-0.2, 0) is 9.47 Å². The Labute approximate surface area is 99.8 Å². The van der Waals surface area contributed by atoms with E-state index in [2.05, 4.69) is 6.58 Å². The van der Waals surface area contributed by atoms with Crippen molar-refractivity contribution in [3.63, 3.8) is 0 Å². The quantitative estimate of drug-likeness (QED) is 0.428. The Morgan fingerprint density at radius 1 is 1.12 bits per heavy atom. The van der Waals surface area contributed by atoms with E-state index in [1.807, 2.05) is 0 Å². The van der Waals surface area contributed by atoms with Gasteiger partial charge in [0.15, 0.2) is 5.78 Å². The Balaban J connectivity index is 2.91. The van der Waals surface area contributed by atoms with Crippen molar-refractivity contribution in [2.45, 2.75) is 6.29 Å². The molecule has 0 saturated carbocycles. The van der Waals surface area contributed by atoms with Crippen LogP contribution in [0.1, 0.15) is 20.7 Å². The monoisotopic (exact) mass is 234 g/mol. The van der Waals surface area contributed by atoms with E-state index in [0.717, 1.165) is 0 Å². The minimum absolute atomic E-state index is 0.181. The second-order valence-corrected chi connectivity index (χ2v) is 3.31. The summed E-state index contributed by atoms with van der Waals surface area (Å²) in [6.45, 7) is 3.39. The van der Waals surface area contributed by atoms with Gasteiger partial charge in [0.1, 0.15) is 0 Å². The first kappa shape index (κ1) is 13.3. The molecule has 0 unspecified atom stereocenters. The molecule has 0 amide bonds. The molecule has 90 valence electrons. The van der Waals surface area contributed by atoms with Crippen LogP contribution < -0.4 is 0 Å². The zero-order valence-corrected chi connectivity index (χ0v) is 9.80. The Bertz CT molecular complexity index is 416. The summed E-state index contributed by atoms with van der Waals surface area (Å²) in [7, 11) is 2.78. The lowest BCUT2D eigenvalue weighted by molar-refractivity contribution is -0.0742. The molecule has 4 heteroatoms. The van der Waals surface area contributed by atoms with E-state index >= 15 is 0 Å². The molecule has 0 atom stereocenters. The highest BCUT2D eigenvalue weighted by Crippen LogP contribution is 2.10. The SMILES string of the molecule is C=CC(=O)c1ccc(C(=O)C(OC)OC)cc1. The van der Waals surface area contributed by atoms with Crippen LogP contribution in [0.4, 0.5) is 0 Å². The molecule has 1 aromatic rings. The van der Waals surface area contributed by atoms with Gasteiger partial charge in [-0.15, -0.1) is 0 Å². The van der Waals surface area contributed by atoms with E-state index < -0.39 is 6.29 Å². The van der Waals surface area contributed by atoms with Gasteiger partial charge in [0.2, 0.25) is 12.1 Å². The molecular formula is C13H14O4. The molecule has 0 N–H and O–H groups in total. The number of hydrogen-bond donors (Lipinski definition) is 0. The molecule has 0 bridgehead atoms. The minimum Gasteiger partial charge on any atom is -0.349 e. The van der Waals surface area contributed by atoms with Gasteiger partial charge in [0.05, 0.1) is 0 Å². The third-order valence-electron chi connectivity index (χ3n) is 2.28. The van der Waals surface area contributed by atoms with Crippen molar-refractivity contribution in [1.82, 2.24) is 0 Å². The molecule has 0 radical (unpaired) electrons. The highest BCUT2D eigenvalue weighted by molar-refractivity contribution is 6.05. The normalized spacial score (nSPS) is 10.3. The summed E-state index contributed by atoms with van der Waals surface area (Å²) in [6.07, 6.45) is 0.306. The lowest BCUT2D eigenvalue weighted by atomic mass is 10.1. The first-order valence-corrected chi connectivity index (χ1v) is 5.00. The topological polar surface area (TPSA) is 52.6 Å². The van der Waals surface area contributed by atoms with E-state index in [4.69, 9.17) is 9.47 Å². The molecule has 4 nitrogen and oxygen atoms in total. The van der Waals surface area contributed by atoms with Crippen molar-refractivity contribution in [3.05, 3.63) is 48.0 Å². The van der Waals surface area contributed by atoms with Crippen LogP contribution in [0.25, 0.3) is 0 Å². The van der Waals surface area contributed by atoms with Crippen LogP contribution in [0, 0.1) is 0 Å². The summed E-state index contributed by atoms with van der Waals surface area (Å²) in [4.78, 5) is 23.1. The van der Waals surface area contributed by atoms with Crippen molar-refractivity contribution in [1.29, 1.82) is 0 Å². The highest BCUT2D eigenvalue weighted by atomic mass is 16.7. The number of Topliss-reactive ketones (excluding diaryl/α,β-unsaturated/α-hetero) is 1. The molecule has 1 aromatic carbocycles. The van der Waals surface area contributed by atoms with Crippen molar-refractivity contribution in [3.8, 4) is 0 Å². The third kappa shape index (κ3) is 3.09. The summed E-state index contributed by atoms with van der Waals surface area (Å²) in [6, 6.07) is 6.26. The van der Waals surface area contributed by atoms with Crippen LogP contribution in [-0.4, -0.2) is 32.1 Å². The fourth-order valence-corrected chi connectivity index (χ4v) is 1.36. The van der Waals surface area contributed by atoms with Crippen molar-refractivity contribution in [2.24, 2.45) is 0 Å². The molecule has 0 fully saturated rings. The molecule has 0 aromatic heterocycles. The van der Waals surface area contributed by atoms with E-state index in [0.29, 0.717) is 11.1 Å². The van der Waals surface area contributed by atoms with Gasteiger partial charge in [-0.2, -0.15) is 0 Å². The molecule has 17 heavy (non-hydrogen) atoms. The van der Waals surface area contributed by atoms with Gasteiger partial charge in [-0.25, -0.2) is 0 Å². The molecular weight excluding hydrogens is 220 g/mol. The lowest BCUT2D eigenvalue weighted by Crippen LogP contribution is -2.24. The van der Waals surface area contributed by atoms with E-state index in [1.165, 1.54) is 20.3 Å². The van der Waals surface area contributed by atoms with Gasteiger partial charge in [-0.05, 0) is 6.08 Å². The van der Waals surface area contributed by atoms with E-state index in [9.17, 15) is 9.59 Å². The number of ketones is 2. The van der Waals surface area contributed by atoms with Gasteiger partial charge in [0, 0.05) is 25.3 Å². The van der Waals surface area contributed by atoms with E-state index in [-0.39, 0.29) is 11.6 Å². The number of hydrogen-bond acceptors (Lipinski definition) is 4. The summed E-state index contributed by atoms with van der Waals surface area (Å²) in [5, 5.41) is 0. The summed E-state index contributed by atoms with van der Waals surface area (Å²) >= 11 is 0. The van der Waals surface area contributed by atoms with Gasteiger partial charge in [0.25, 0.3) is 0 Å². The number of carbonyl (C=O) groups excluding carboxylic acids is 2. The minimum atomic E-state index is -0.920. The average molecular weight is 234 g/mol. The molecule has 0 saturated heterocycles. The second-order valence-electron chi connectivity index (χ2n) is 3.31. The van der Waals surface area contributed by atoms with Gasteiger partial charge < -0.3 is 9.47 Å². The number of methoxy groups -OCH3 is 2. The van der Waals surface area contributed by atoms with Crippen LogP contribution in [0.15, 0.2) is 36.9 Å². The number of benzene rings is 1. The molecule has 0 aliphatic carbocycles. The lowest BCUT2D eigenvalue weighted by Gasteiger charge is -2.11. The maximum atomic E-state index is 11.8. The summed E-state index contributed by atoms with van der Waals surface area (Å²) in [5.74, 6) is -0.466. The van der Waals surface area contributed by atoms with E-state index in [1.54, 1.807) is 24.3 Å². The Morgan fingerprint density at radius 3 is 2.00 bits per heavy atom. The number of carbonyl (C=O) groups is 2. The van der Waals surface area contributed by atoms with Gasteiger partial charge in [-0.3, -0.25) is 9.59 Å². The second kappa shape index (κ2) is 6.08. The van der Waals surface area contributed by atoms with Crippen molar-refractivity contribution in [2.75, 3.05) is 14.2 Å². The fraction of sp³-hybridized carbons (Fsp3) is 0.231. The maximum Gasteiger partial charge on any atom is 0.222 e.